The van der Waals surface area contributed by atoms with Crippen molar-refractivity contribution in [3.05, 3.63) is 28.7 Å². The Morgan fingerprint density at radius 3 is 3.06 bits per heavy atom. The third-order valence-electron chi connectivity index (χ3n) is 2.58. The van der Waals surface area contributed by atoms with E-state index in [4.69, 9.17) is 0 Å². The molecule has 0 saturated carbocycles. The molecule has 2 N–H and O–H groups in total. The number of rotatable bonds is 3. The summed E-state index contributed by atoms with van der Waals surface area (Å²) in [6.07, 6.45) is 0.536. The van der Waals surface area contributed by atoms with Gasteiger partial charge in [0.15, 0.2) is 0 Å². The van der Waals surface area contributed by atoms with Gasteiger partial charge >= 0.3 is 0 Å². The van der Waals surface area contributed by atoms with Gasteiger partial charge in [-0.1, -0.05) is 12.1 Å². The summed E-state index contributed by atoms with van der Waals surface area (Å²) in [5.41, 5.74) is 0.834. The maximum Gasteiger partial charge on any atom is 0.226 e. The second kappa shape index (κ2) is 6.42. The fraction of sp³-hybridized carbons (Fsp3) is 0.417. The van der Waals surface area contributed by atoms with Crippen LogP contribution in [0.3, 0.4) is 0 Å². The van der Waals surface area contributed by atoms with Crippen LogP contribution in [0.25, 0.3) is 0 Å². The van der Waals surface area contributed by atoms with Gasteiger partial charge in [-0.15, -0.1) is 0 Å². The third-order valence-corrected chi connectivity index (χ3v) is 4.40. The molecule has 1 aromatic carbocycles. The molecule has 5 heteroatoms. The average molecular weight is 315 g/mol. The molecule has 0 aliphatic carbocycles. The highest BCUT2D eigenvalue weighted by Crippen LogP contribution is 2.21. The van der Waals surface area contributed by atoms with E-state index in [0.717, 1.165) is 28.2 Å². The Morgan fingerprint density at radius 1 is 1.53 bits per heavy atom. The second-order valence-electron chi connectivity index (χ2n) is 3.96. The Balaban J connectivity index is 1.86. The minimum Gasteiger partial charge on any atom is -0.325 e. The number of hydrogen-bond donors (Lipinski definition) is 2. The standard InChI is InChI=1S/C12H15BrN2OS/c13-10-3-1-2-4-11(10)15-12(16)7-9-8-17-6-5-14-9/h1-4,9,14H,5-8H2,(H,15,16). The number of benzene rings is 1. The number of anilines is 1. The zero-order valence-corrected chi connectivity index (χ0v) is 11.8. The van der Waals surface area contributed by atoms with Gasteiger partial charge in [-0.3, -0.25) is 4.79 Å². The SMILES string of the molecule is O=C(CC1CSCCN1)Nc1ccccc1Br. The molecule has 92 valence electrons. The van der Waals surface area contributed by atoms with E-state index in [2.05, 4.69) is 26.6 Å². The van der Waals surface area contributed by atoms with E-state index in [9.17, 15) is 4.79 Å². The minimum atomic E-state index is 0.0666. The zero-order chi connectivity index (χ0) is 12.1. The molecule has 0 aromatic heterocycles. The molecule has 3 nitrogen and oxygen atoms in total. The highest BCUT2D eigenvalue weighted by Gasteiger charge is 2.16. The van der Waals surface area contributed by atoms with Crippen molar-refractivity contribution in [2.45, 2.75) is 12.5 Å². The van der Waals surface area contributed by atoms with Gasteiger partial charge in [-0.05, 0) is 28.1 Å². The molecule has 1 fully saturated rings. The fourth-order valence-corrected chi connectivity index (χ4v) is 3.07. The van der Waals surface area contributed by atoms with Crippen LogP contribution in [0, 0.1) is 0 Å². The summed E-state index contributed by atoms with van der Waals surface area (Å²) in [6, 6.07) is 7.96. The first-order chi connectivity index (χ1) is 8.25. The lowest BCUT2D eigenvalue weighted by atomic mass is 10.2. The highest BCUT2D eigenvalue weighted by atomic mass is 79.9. The van der Waals surface area contributed by atoms with E-state index >= 15 is 0 Å². The summed E-state index contributed by atoms with van der Waals surface area (Å²) in [6.45, 7) is 0.998. The fourth-order valence-electron chi connectivity index (χ4n) is 1.74. The number of nitrogens with one attached hydrogen (secondary N) is 2. The van der Waals surface area contributed by atoms with Crippen molar-refractivity contribution >= 4 is 39.3 Å². The van der Waals surface area contributed by atoms with Crippen LogP contribution in [0.1, 0.15) is 6.42 Å². The van der Waals surface area contributed by atoms with Gasteiger partial charge in [0.1, 0.15) is 0 Å². The van der Waals surface area contributed by atoms with Gasteiger partial charge in [0.25, 0.3) is 0 Å². The van der Waals surface area contributed by atoms with Gasteiger partial charge in [0, 0.05) is 35.0 Å². The van der Waals surface area contributed by atoms with Crippen LogP contribution in [0.5, 0.6) is 0 Å². The molecule has 1 unspecified atom stereocenters. The van der Waals surface area contributed by atoms with E-state index in [0.29, 0.717) is 12.5 Å². The topological polar surface area (TPSA) is 41.1 Å². The summed E-state index contributed by atoms with van der Waals surface area (Å²) < 4.78 is 0.916. The van der Waals surface area contributed by atoms with E-state index in [1.807, 2.05) is 36.0 Å². The van der Waals surface area contributed by atoms with Gasteiger partial charge in [-0.25, -0.2) is 0 Å². The minimum absolute atomic E-state index is 0.0666. The van der Waals surface area contributed by atoms with Crippen molar-refractivity contribution in [2.75, 3.05) is 23.4 Å². The maximum atomic E-state index is 11.9. The normalized spacial score (nSPS) is 19.9. The Bertz CT molecular complexity index is 394. The van der Waals surface area contributed by atoms with Gasteiger partial charge in [-0.2, -0.15) is 11.8 Å². The van der Waals surface area contributed by atoms with Crippen LogP contribution < -0.4 is 10.6 Å². The largest absolute Gasteiger partial charge is 0.325 e. The summed E-state index contributed by atoms with van der Waals surface area (Å²) in [5, 5.41) is 6.28. The molecule has 1 saturated heterocycles. The molecule has 1 aliphatic rings. The van der Waals surface area contributed by atoms with Crippen molar-refractivity contribution in [3.63, 3.8) is 0 Å². The van der Waals surface area contributed by atoms with E-state index < -0.39 is 0 Å². The number of thioether (sulfide) groups is 1. The smallest absolute Gasteiger partial charge is 0.226 e. The van der Waals surface area contributed by atoms with Crippen LogP contribution in [0.4, 0.5) is 5.69 Å². The molecule has 0 spiro atoms. The van der Waals surface area contributed by atoms with Crippen LogP contribution in [0.15, 0.2) is 28.7 Å². The average Bonchev–Trinajstić information content (AvgIpc) is 2.33. The second-order valence-corrected chi connectivity index (χ2v) is 5.96. The molecule has 1 amide bonds. The number of carbonyl (C=O) groups excluding carboxylic acids is 1. The molecule has 0 radical (unpaired) electrons. The summed E-state index contributed by atoms with van der Waals surface area (Å²) in [5.74, 6) is 2.23. The molecular formula is C12H15BrN2OS. The lowest BCUT2D eigenvalue weighted by Gasteiger charge is -2.22. The van der Waals surface area contributed by atoms with Gasteiger partial charge in [0.05, 0.1) is 5.69 Å². The molecule has 1 aliphatic heterocycles. The number of hydrogen-bond acceptors (Lipinski definition) is 3. The van der Waals surface area contributed by atoms with E-state index in [1.165, 1.54) is 0 Å². The van der Waals surface area contributed by atoms with Crippen molar-refractivity contribution in [3.8, 4) is 0 Å². The molecule has 2 rings (SSSR count). The molecule has 1 aromatic rings. The van der Waals surface area contributed by atoms with Crippen LogP contribution in [0.2, 0.25) is 0 Å². The predicted octanol–water partition coefficient (Wildman–Crippen LogP) is 2.48. The Morgan fingerprint density at radius 2 is 2.35 bits per heavy atom. The molecule has 17 heavy (non-hydrogen) atoms. The van der Waals surface area contributed by atoms with Crippen molar-refractivity contribution in [2.24, 2.45) is 0 Å². The zero-order valence-electron chi connectivity index (χ0n) is 9.41. The number of amides is 1. The Kier molecular flexibility index (Phi) is 4.88. The van der Waals surface area contributed by atoms with Crippen molar-refractivity contribution in [1.82, 2.24) is 5.32 Å². The van der Waals surface area contributed by atoms with Crippen molar-refractivity contribution in [1.29, 1.82) is 0 Å². The quantitative estimate of drug-likeness (QED) is 0.900. The van der Waals surface area contributed by atoms with Crippen LogP contribution in [-0.2, 0) is 4.79 Å². The lowest BCUT2D eigenvalue weighted by Crippen LogP contribution is -2.39. The van der Waals surface area contributed by atoms with Crippen molar-refractivity contribution < 1.29 is 4.79 Å². The number of halogens is 1. The lowest BCUT2D eigenvalue weighted by molar-refractivity contribution is -0.116. The first-order valence-electron chi connectivity index (χ1n) is 5.61. The molecule has 0 bridgehead atoms. The van der Waals surface area contributed by atoms with E-state index in [-0.39, 0.29) is 5.91 Å². The summed E-state index contributed by atoms with van der Waals surface area (Å²) >= 11 is 5.32. The number of carbonyl (C=O) groups is 1. The molecular weight excluding hydrogens is 300 g/mol. The molecule has 1 heterocycles. The maximum absolute atomic E-state index is 11.9. The first kappa shape index (κ1) is 12.9. The summed E-state index contributed by atoms with van der Waals surface area (Å²) in [7, 11) is 0. The Hall–Kier alpha value is -0.520. The number of para-hydroxylation sites is 1. The van der Waals surface area contributed by atoms with Crippen LogP contribution >= 0.6 is 27.7 Å². The highest BCUT2D eigenvalue weighted by molar-refractivity contribution is 9.10. The van der Waals surface area contributed by atoms with Crippen LogP contribution in [-0.4, -0.2) is 30.0 Å². The monoisotopic (exact) mass is 314 g/mol. The van der Waals surface area contributed by atoms with Gasteiger partial charge in [0.2, 0.25) is 5.91 Å². The third kappa shape index (κ3) is 4.01. The van der Waals surface area contributed by atoms with E-state index in [1.54, 1.807) is 0 Å². The van der Waals surface area contributed by atoms with Gasteiger partial charge < -0.3 is 10.6 Å². The summed E-state index contributed by atoms with van der Waals surface area (Å²) in [4.78, 5) is 11.9. The molecule has 1 atom stereocenters. The Labute approximate surface area is 114 Å². The predicted molar refractivity (Wildman–Crippen MR) is 76.5 cm³/mol. The first-order valence-corrected chi connectivity index (χ1v) is 7.56.